The summed E-state index contributed by atoms with van der Waals surface area (Å²) in [6.07, 6.45) is 1.93. The lowest BCUT2D eigenvalue weighted by atomic mass is 10.2. The van der Waals surface area contributed by atoms with Gasteiger partial charge in [-0.2, -0.15) is 0 Å². The SMILES string of the molecule is CC1COC(CN)CN1c1ncc2ccccc2n1. The van der Waals surface area contributed by atoms with Crippen LogP contribution in [0.25, 0.3) is 10.9 Å². The van der Waals surface area contributed by atoms with Gasteiger partial charge >= 0.3 is 0 Å². The first-order valence-corrected chi connectivity index (χ1v) is 6.58. The summed E-state index contributed by atoms with van der Waals surface area (Å²) in [5.74, 6) is 0.757. The molecule has 1 aromatic heterocycles. The Balaban J connectivity index is 1.93. The molecule has 2 heterocycles. The number of aromatic nitrogens is 2. The van der Waals surface area contributed by atoms with Gasteiger partial charge in [-0.05, 0) is 13.0 Å². The molecule has 1 fully saturated rings. The van der Waals surface area contributed by atoms with Crippen molar-refractivity contribution in [2.45, 2.75) is 19.1 Å². The average molecular weight is 258 g/mol. The predicted octanol–water partition coefficient (Wildman–Crippen LogP) is 1.18. The fraction of sp³-hybridized carbons (Fsp3) is 0.429. The second-order valence-electron chi connectivity index (χ2n) is 4.92. The van der Waals surface area contributed by atoms with Crippen LogP contribution in [-0.2, 0) is 4.74 Å². The van der Waals surface area contributed by atoms with E-state index in [1.165, 1.54) is 0 Å². The monoisotopic (exact) mass is 258 g/mol. The Kier molecular flexibility index (Phi) is 3.31. The lowest BCUT2D eigenvalue weighted by Crippen LogP contribution is -2.51. The Hall–Kier alpha value is -1.72. The number of hydrogen-bond acceptors (Lipinski definition) is 5. The van der Waals surface area contributed by atoms with Gasteiger partial charge < -0.3 is 15.4 Å². The van der Waals surface area contributed by atoms with E-state index in [1.54, 1.807) is 0 Å². The maximum atomic E-state index is 5.69. The van der Waals surface area contributed by atoms with Gasteiger partial charge in [0, 0.05) is 24.7 Å². The Morgan fingerprint density at radius 2 is 2.26 bits per heavy atom. The predicted molar refractivity (Wildman–Crippen MR) is 75.1 cm³/mol. The Morgan fingerprint density at radius 3 is 3.11 bits per heavy atom. The third kappa shape index (κ3) is 2.39. The summed E-state index contributed by atoms with van der Waals surface area (Å²) in [6.45, 7) is 4.05. The molecule has 0 aliphatic carbocycles. The molecule has 2 unspecified atom stereocenters. The van der Waals surface area contributed by atoms with Gasteiger partial charge in [0.2, 0.25) is 5.95 Å². The molecule has 2 atom stereocenters. The molecule has 19 heavy (non-hydrogen) atoms. The highest BCUT2D eigenvalue weighted by Gasteiger charge is 2.27. The van der Waals surface area contributed by atoms with Crippen molar-refractivity contribution >= 4 is 16.9 Å². The van der Waals surface area contributed by atoms with Crippen molar-refractivity contribution in [1.82, 2.24) is 9.97 Å². The second kappa shape index (κ2) is 5.11. The zero-order chi connectivity index (χ0) is 13.2. The maximum Gasteiger partial charge on any atom is 0.226 e. The van der Waals surface area contributed by atoms with Crippen LogP contribution in [0.4, 0.5) is 5.95 Å². The van der Waals surface area contributed by atoms with Gasteiger partial charge in [0.15, 0.2) is 0 Å². The molecule has 0 bridgehead atoms. The molecule has 5 nitrogen and oxygen atoms in total. The van der Waals surface area contributed by atoms with Gasteiger partial charge in [-0.15, -0.1) is 0 Å². The van der Waals surface area contributed by atoms with Crippen molar-refractivity contribution in [2.75, 3.05) is 24.6 Å². The van der Waals surface area contributed by atoms with E-state index in [0.29, 0.717) is 13.2 Å². The number of para-hydroxylation sites is 1. The molecule has 1 aliphatic rings. The quantitative estimate of drug-likeness (QED) is 0.876. The number of anilines is 1. The minimum absolute atomic E-state index is 0.0614. The summed E-state index contributed by atoms with van der Waals surface area (Å²) >= 11 is 0. The van der Waals surface area contributed by atoms with E-state index in [1.807, 2.05) is 30.5 Å². The van der Waals surface area contributed by atoms with Gasteiger partial charge in [0.25, 0.3) is 0 Å². The number of nitrogens with zero attached hydrogens (tertiary/aromatic N) is 3. The zero-order valence-corrected chi connectivity index (χ0v) is 11.0. The van der Waals surface area contributed by atoms with Crippen LogP contribution in [0, 0.1) is 0 Å². The highest BCUT2D eigenvalue weighted by Crippen LogP contribution is 2.20. The van der Waals surface area contributed by atoms with E-state index < -0.39 is 0 Å². The highest BCUT2D eigenvalue weighted by atomic mass is 16.5. The number of rotatable bonds is 2. The lowest BCUT2D eigenvalue weighted by Gasteiger charge is -2.37. The van der Waals surface area contributed by atoms with E-state index in [9.17, 15) is 0 Å². The fourth-order valence-corrected chi connectivity index (χ4v) is 2.34. The topological polar surface area (TPSA) is 64.3 Å². The van der Waals surface area contributed by atoms with Crippen LogP contribution in [-0.4, -0.2) is 41.8 Å². The molecule has 0 spiro atoms. The zero-order valence-electron chi connectivity index (χ0n) is 11.0. The van der Waals surface area contributed by atoms with E-state index in [4.69, 9.17) is 10.5 Å². The van der Waals surface area contributed by atoms with Crippen LogP contribution in [0.3, 0.4) is 0 Å². The molecular formula is C14H18N4O. The van der Waals surface area contributed by atoms with Crippen molar-refractivity contribution in [3.05, 3.63) is 30.5 Å². The molecule has 0 amide bonds. The molecule has 1 aliphatic heterocycles. The summed E-state index contributed by atoms with van der Waals surface area (Å²) in [4.78, 5) is 11.3. The van der Waals surface area contributed by atoms with Gasteiger partial charge in [0.1, 0.15) is 0 Å². The van der Waals surface area contributed by atoms with Crippen molar-refractivity contribution in [1.29, 1.82) is 0 Å². The van der Waals surface area contributed by atoms with Crippen LogP contribution in [0.15, 0.2) is 30.5 Å². The van der Waals surface area contributed by atoms with Crippen molar-refractivity contribution in [2.24, 2.45) is 5.73 Å². The third-order valence-corrected chi connectivity index (χ3v) is 3.50. The molecule has 1 aromatic carbocycles. The summed E-state index contributed by atoms with van der Waals surface area (Å²) in [5, 5.41) is 1.06. The molecule has 0 radical (unpaired) electrons. The molecule has 2 aromatic rings. The summed E-state index contributed by atoms with van der Waals surface area (Å²) in [5.41, 5.74) is 6.66. The molecule has 2 N–H and O–H groups in total. The molecular weight excluding hydrogens is 240 g/mol. The van der Waals surface area contributed by atoms with Crippen molar-refractivity contribution < 1.29 is 4.74 Å². The van der Waals surface area contributed by atoms with Gasteiger partial charge in [-0.25, -0.2) is 9.97 Å². The summed E-state index contributed by atoms with van der Waals surface area (Å²) < 4.78 is 5.66. The lowest BCUT2D eigenvalue weighted by molar-refractivity contribution is 0.0277. The Bertz CT molecular complexity index is 574. The van der Waals surface area contributed by atoms with E-state index in [-0.39, 0.29) is 12.1 Å². The smallest absolute Gasteiger partial charge is 0.226 e. The third-order valence-electron chi connectivity index (χ3n) is 3.50. The second-order valence-corrected chi connectivity index (χ2v) is 4.92. The van der Waals surface area contributed by atoms with E-state index in [0.717, 1.165) is 23.4 Å². The largest absolute Gasteiger partial charge is 0.373 e. The van der Waals surface area contributed by atoms with Gasteiger partial charge in [0.05, 0.1) is 24.3 Å². The number of nitrogens with two attached hydrogens (primary N) is 1. The number of hydrogen-bond donors (Lipinski definition) is 1. The van der Waals surface area contributed by atoms with Gasteiger partial charge in [-0.3, -0.25) is 0 Å². The fourth-order valence-electron chi connectivity index (χ4n) is 2.34. The summed E-state index contributed by atoms with van der Waals surface area (Å²) in [6, 6.07) is 8.28. The first kappa shape index (κ1) is 12.3. The minimum atomic E-state index is 0.0614. The van der Waals surface area contributed by atoms with Gasteiger partial charge in [-0.1, -0.05) is 18.2 Å². The van der Waals surface area contributed by atoms with Crippen LogP contribution in [0.5, 0.6) is 0 Å². The number of ether oxygens (including phenoxy) is 1. The normalized spacial score (nSPS) is 23.8. The first-order chi connectivity index (χ1) is 9.28. The highest BCUT2D eigenvalue weighted by molar-refractivity contribution is 5.78. The minimum Gasteiger partial charge on any atom is -0.373 e. The number of benzene rings is 1. The molecule has 1 saturated heterocycles. The number of fused-ring (bicyclic) bond motifs is 1. The van der Waals surface area contributed by atoms with E-state index >= 15 is 0 Å². The Labute approximate surface area is 112 Å². The Morgan fingerprint density at radius 1 is 1.42 bits per heavy atom. The van der Waals surface area contributed by atoms with Crippen LogP contribution in [0.2, 0.25) is 0 Å². The maximum absolute atomic E-state index is 5.69. The number of morpholine rings is 1. The standard InChI is InChI=1S/C14H18N4O/c1-10-9-19-12(6-15)8-18(10)14-16-7-11-4-2-3-5-13(11)17-14/h2-5,7,10,12H,6,8-9,15H2,1H3. The molecule has 3 rings (SSSR count). The molecule has 5 heteroatoms. The summed E-state index contributed by atoms with van der Waals surface area (Å²) in [7, 11) is 0. The van der Waals surface area contributed by atoms with Crippen LogP contribution < -0.4 is 10.6 Å². The van der Waals surface area contributed by atoms with Crippen LogP contribution in [0.1, 0.15) is 6.92 Å². The van der Waals surface area contributed by atoms with E-state index in [2.05, 4.69) is 21.8 Å². The van der Waals surface area contributed by atoms with Crippen LogP contribution >= 0.6 is 0 Å². The molecule has 100 valence electrons. The van der Waals surface area contributed by atoms with Crippen molar-refractivity contribution in [3.63, 3.8) is 0 Å². The molecule has 0 saturated carbocycles. The average Bonchev–Trinajstić information content (AvgIpc) is 2.47. The first-order valence-electron chi connectivity index (χ1n) is 6.58. The van der Waals surface area contributed by atoms with Crippen molar-refractivity contribution in [3.8, 4) is 0 Å².